The summed E-state index contributed by atoms with van der Waals surface area (Å²) in [7, 11) is -0.550. The summed E-state index contributed by atoms with van der Waals surface area (Å²) in [5.41, 5.74) is 1.22. The minimum Gasteiger partial charge on any atom is -0.399 e. The Morgan fingerprint density at radius 1 is 1.04 bits per heavy atom. The molecule has 0 unspecified atom stereocenters. The fourth-order valence-corrected chi connectivity index (χ4v) is 3.42. The van der Waals surface area contributed by atoms with Crippen molar-refractivity contribution in [2.45, 2.75) is 45.8 Å². The number of rotatable bonds is 2. The number of hydrogen-bond donors (Lipinski definition) is 0. The lowest BCUT2D eigenvalue weighted by Crippen LogP contribution is -2.41. The Kier molecular flexibility index (Phi) is 4.21. The molecule has 0 N–H and O–H groups in total. The topological polar surface area (TPSA) is 53.4 Å². The highest BCUT2D eigenvalue weighted by atomic mass is 19.1. The molecule has 0 aliphatic carbocycles. The number of aromatic nitrogens is 2. The van der Waals surface area contributed by atoms with E-state index in [1.54, 1.807) is 18.2 Å². The number of fused-ring (bicyclic) bond motifs is 1. The van der Waals surface area contributed by atoms with Crippen LogP contribution < -0.4 is 11.0 Å². The summed E-state index contributed by atoms with van der Waals surface area (Å²) in [6, 6.07) is 9.99. The molecule has 3 aromatic rings. The summed E-state index contributed by atoms with van der Waals surface area (Å²) in [5, 5.41) is -0.0227. The molecule has 0 radical (unpaired) electrons. The fraction of sp³-hybridized carbons (Fsp3) is 0.333. The minimum absolute atomic E-state index is 0.0227. The standard InChI is InChI=1S/C21H22BFN2O3/c1-13-14(22-27-20(2,3)21(4,5)28-22)8-6-11-17(13)25-12-24-16-10-7-9-15(23)18(16)19(25)26/h6-12H,1-5H3. The van der Waals surface area contributed by atoms with E-state index >= 15 is 0 Å². The SMILES string of the molecule is Cc1c(B2OC(C)(C)C(C)(C)O2)cccc1-n1cnc2cccc(F)c2c1=O. The van der Waals surface area contributed by atoms with E-state index in [1.807, 2.05) is 46.8 Å². The molecule has 1 saturated heterocycles. The molecule has 1 fully saturated rings. The third-order valence-corrected chi connectivity index (χ3v) is 5.85. The first-order valence-electron chi connectivity index (χ1n) is 9.24. The molecule has 2 aromatic carbocycles. The highest BCUT2D eigenvalue weighted by Gasteiger charge is 2.52. The lowest BCUT2D eigenvalue weighted by atomic mass is 9.76. The molecule has 2 heterocycles. The maximum absolute atomic E-state index is 14.2. The summed E-state index contributed by atoms with van der Waals surface area (Å²) >= 11 is 0. The van der Waals surface area contributed by atoms with E-state index in [0.717, 1.165) is 11.0 Å². The summed E-state index contributed by atoms with van der Waals surface area (Å²) < 4.78 is 27.9. The summed E-state index contributed by atoms with van der Waals surface area (Å²) in [6.07, 6.45) is 1.43. The van der Waals surface area contributed by atoms with Gasteiger partial charge in [-0.3, -0.25) is 9.36 Å². The van der Waals surface area contributed by atoms with Gasteiger partial charge in [0.25, 0.3) is 5.56 Å². The average molecular weight is 380 g/mol. The van der Waals surface area contributed by atoms with Gasteiger partial charge in [0.15, 0.2) is 0 Å². The van der Waals surface area contributed by atoms with Crippen molar-refractivity contribution in [3.63, 3.8) is 0 Å². The van der Waals surface area contributed by atoms with Crippen LogP contribution in [0.2, 0.25) is 0 Å². The van der Waals surface area contributed by atoms with Crippen molar-refractivity contribution in [1.82, 2.24) is 9.55 Å². The lowest BCUT2D eigenvalue weighted by Gasteiger charge is -2.32. The van der Waals surface area contributed by atoms with E-state index in [1.165, 1.54) is 17.0 Å². The Labute approximate surface area is 163 Å². The number of hydrogen-bond acceptors (Lipinski definition) is 4. The molecule has 0 bridgehead atoms. The van der Waals surface area contributed by atoms with Crippen molar-refractivity contribution in [3.8, 4) is 5.69 Å². The van der Waals surface area contributed by atoms with Crippen molar-refractivity contribution in [1.29, 1.82) is 0 Å². The molecule has 7 heteroatoms. The first-order chi connectivity index (χ1) is 13.1. The zero-order valence-corrected chi connectivity index (χ0v) is 16.6. The molecule has 5 nitrogen and oxygen atoms in total. The second kappa shape index (κ2) is 6.25. The van der Waals surface area contributed by atoms with Crippen LogP contribution in [0.3, 0.4) is 0 Å². The molecule has 1 aliphatic heterocycles. The van der Waals surface area contributed by atoms with E-state index in [0.29, 0.717) is 11.2 Å². The van der Waals surface area contributed by atoms with Gasteiger partial charge in [0, 0.05) is 0 Å². The predicted octanol–water partition coefficient (Wildman–Crippen LogP) is 3.13. The molecule has 0 amide bonds. The van der Waals surface area contributed by atoms with Crippen LogP contribution in [0.1, 0.15) is 33.3 Å². The number of halogens is 1. The molecule has 1 aromatic heterocycles. The van der Waals surface area contributed by atoms with E-state index in [-0.39, 0.29) is 5.39 Å². The van der Waals surface area contributed by atoms with E-state index in [2.05, 4.69) is 4.98 Å². The largest absolute Gasteiger partial charge is 0.495 e. The molecule has 28 heavy (non-hydrogen) atoms. The summed E-state index contributed by atoms with van der Waals surface area (Å²) in [5.74, 6) is -0.580. The highest BCUT2D eigenvalue weighted by Crippen LogP contribution is 2.36. The van der Waals surface area contributed by atoms with Gasteiger partial charge in [0.1, 0.15) is 17.5 Å². The summed E-state index contributed by atoms with van der Waals surface area (Å²) in [4.78, 5) is 17.2. The molecule has 4 rings (SSSR count). The van der Waals surface area contributed by atoms with Gasteiger partial charge in [-0.25, -0.2) is 9.37 Å². The van der Waals surface area contributed by atoms with Crippen LogP contribution in [0.15, 0.2) is 47.5 Å². The Balaban J connectivity index is 1.85. The second-order valence-electron chi connectivity index (χ2n) is 8.13. The molecule has 0 spiro atoms. The maximum atomic E-state index is 14.2. The van der Waals surface area contributed by atoms with Crippen LogP contribution >= 0.6 is 0 Å². The van der Waals surface area contributed by atoms with Gasteiger partial charge in [0.05, 0.1) is 22.4 Å². The van der Waals surface area contributed by atoms with Crippen molar-refractivity contribution in [2.24, 2.45) is 0 Å². The van der Waals surface area contributed by atoms with Crippen molar-refractivity contribution in [2.75, 3.05) is 0 Å². The van der Waals surface area contributed by atoms with Crippen LogP contribution in [0.25, 0.3) is 16.6 Å². The first-order valence-corrected chi connectivity index (χ1v) is 9.24. The van der Waals surface area contributed by atoms with Crippen LogP contribution in [0, 0.1) is 12.7 Å². The Hall–Kier alpha value is -2.51. The van der Waals surface area contributed by atoms with Gasteiger partial charge in [-0.05, 0) is 63.8 Å². The van der Waals surface area contributed by atoms with Gasteiger partial charge in [0.2, 0.25) is 0 Å². The Morgan fingerprint density at radius 2 is 1.68 bits per heavy atom. The monoisotopic (exact) mass is 380 g/mol. The highest BCUT2D eigenvalue weighted by molar-refractivity contribution is 6.62. The van der Waals surface area contributed by atoms with Gasteiger partial charge in [-0.15, -0.1) is 0 Å². The quantitative estimate of drug-likeness (QED) is 0.641. The lowest BCUT2D eigenvalue weighted by molar-refractivity contribution is 0.00578. The van der Waals surface area contributed by atoms with Gasteiger partial charge in [-0.1, -0.05) is 18.2 Å². The second-order valence-corrected chi connectivity index (χ2v) is 8.13. The molecule has 0 atom stereocenters. The fourth-order valence-electron chi connectivity index (χ4n) is 3.42. The van der Waals surface area contributed by atoms with E-state index in [4.69, 9.17) is 9.31 Å². The normalized spacial score (nSPS) is 18.0. The first kappa shape index (κ1) is 18.8. The van der Waals surface area contributed by atoms with Crippen molar-refractivity contribution < 1.29 is 13.7 Å². The smallest absolute Gasteiger partial charge is 0.399 e. The summed E-state index contributed by atoms with van der Waals surface area (Å²) in [6.45, 7) is 9.87. The Morgan fingerprint density at radius 3 is 2.36 bits per heavy atom. The van der Waals surface area contributed by atoms with Crippen LogP contribution in [-0.2, 0) is 9.31 Å². The van der Waals surface area contributed by atoms with E-state index < -0.39 is 29.7 Å². The molecule has 1 aliphatic rings. The van der Waals surface area contributed by atoms with Gasteiger partial charge in [-0.2, -0.15) is 0 Å². The molecular formula is C21H22BFN2O3. The van der Waals surface area contributed by atoms with Crippen LogP contribution in [0.5, 0.6) is 0 Å². The number of benzene rings is 2. The van der Waals surface area contributed by atoms with Gasteiger partial charge >= 0.3 is 7.12 Å². The number of nitrogens with zero attached hydrogens (tertiary/aromatic N) is 2. The third kappa shape index (κ3) is 2.77. The van der Waals surface area contributed by atoms with Crippen LogP contribution in [-0.4, -0.2) is 27.9 Å². The van der Waals surface area contributed by atoms with E-state index in [9.17, 15) is 9.18 Å². The van der Waals surface area contributed by atoms with Gasteiger partial charge < -0.3 is 9.31 Å². The Bertz CT molecular complexity index is 1120. The van der Waals surface area contributed by atoms with Crippen LogP contribution in [0.4, 0.5) is 4.39 Å². The maximum Gasteiger partial charge on any atom is 0.495 e. The minimum atomic E-state index is -0.580. The van der Waals surface area contributed by atoms with Crippen molar-refractivity contribution in [3.05, 3.63) is 64.5 Å². The molecule has 0 saturated carbocycles. The zero-order chi connectivity index (χ0) is 20.3. The average Bonchev–Trinajstić information content (AvgIpc) is 2.83. The third-order valence-electron chi connectivity index (χ3n) is 5.85. The predicted molar refractivity (Wildman–Crippen MR) is 108 cm³/mol. The zero-order valence-electron chi connectivity index (χ0n) is 16.6. The molecular weight excluding hydrogens is 358 g/mol. The molecule has 144 valence electrons. The van der Waals surface area contributed by atoms with Crippen molar-refractivity contribution >= 4 is 23.5 Å².